The van der Waals surface area contributed by atoms with E-state index in [-0.39, 0.29) is 11.8 Å². The Morgan fingerprint density at radius 1 is 0.909 bits per heavy atom. The molecule has 1 atom stereocenters. The van der Waals surface area contributed by atoms with Crippen LogP contribution in [-0.4, -0.2) is 5.91 Å². The van der Waals surface area contributed by atoms with Crippen LogP contribution < -0.4 is 5.32 Å². The number of nitrogens with one attached hydrogen (secondary N) is 1. The third-order valence-electron chi connectivity index (χ3n) is 4.27. The minimum Gasteiger partial charge on any atom is -0.325 e. The molecule has 0 spiro atoms. The number of anilines is 1. The van der Waals surface area contributed by atoms with Gasteiger partial charge in [0.1, 0.15) is 0 Å². The van der Waals surface area contributed by atoms with E-state index < -0.39 is 0 Å². The standard InChI is InChI=1S/C19H14BrNO/c20-17-8-4-3-7-14(17)16-11-18(22)21-19-13-6-2-1-5-12(13)9-10-15(16)19/h1-10,16H,11H2,(H,21,22). The normalized spacial score (nSPS) is 17.1. The Bertz CT molecular complexity index is 887. The maximum absolute atomic E-state index is 12.2. The van der Waals surface area contributed by atoms with Crippen molar-refractivity contribution < 1.29 is 4.79 Å². The smallest absolute Gasteiger partial charge is 0.225 e. The van der Waals surface area contributed by atoms with Crippen molar-refractivity contribution in [3.05, 3.63) is 76.3 Å². The molecule has 1 unspecified atom stereocenters. The number of rotatable bonds is 1. The first-order chi connectivity index (χ1) is 10.7. The van der Waals surface area contributed by atoms with Crippen LogP contribution in [0.3, 0.4) is 0 Å². The molecule has 0 bridgehead atoms. The predicted octanol–water partition coefficient (Wildman–Crippen LogP) is 5.08. The lowest BCUT2D eigenvalue weighted by Gasteiger charge is -2.28. The van der Waals surface area contributed by atoms with E-state index in [2.05, 4.69) is 51.6 Å². The lowest BCUT2D eigenvalue weighted by Crippen LogP contribution is -2.23. The molecule has 1 heterocycles. The van der Waals surface area contributed by atoms with Crippen LogP contribution in [0.25, 0.3) is 10.8 Å². The zero-order valence-electron chi connectivity index (χ0n) is 11.8. The summed E-state index contributed by atoms with van der Waals surface area (Å²) in [4.78, 5) is 12.2. The van der Waals surface area contributed by atoms with Crippen molar-refractivity contribution in [2.75, 3.05) is 5.32 Å². The van der Waals surface area contributed by atoms with E-state index in [0.717, 1.165) is 26.5 Å². The molecule has 3 aromatic carbocycles. The van der Waals surface area contributed by atoms with Crippen LogP contribution in [0, 0.1) is 0 Å². The topological polar surface area (TPSA) is 29.1 Å². The molecule has 0 saturated carbocycles. The third kappa shape index (κ3) is 2.13. The Balaban J connectivity index is 1.97. The molecule has 3 aromatic rings. The molecule has 22 heavy (non-hydrogen) atoms. The number of benzene rings is 3. The van der Waals surface area contributed by atoms with Crippen molar-refractivity contribution in [3.63, 3.8) is 0 Å². The Morgan fingerprint density at radius 3 is 2.55 bits per heavy atom. The zero-order chi connectivity index (χ0) is 15.1. The lowest BCUT2D eigenvalue weighted by molar-refractivity contribution is -0.116. The molecule has 0 aromatic heterocycles. The molecular formula is C19H14BrNO. The molecule has 2 nitrogen and oxygen atoms in total. The van der Waals surface area contributed by atoms with E-state index in [1.165, 1.54) is 5.56 Å². The molecule has 0 saturated heterocycles. The SMILES string of the molecule is O=C1CC(c2ccccc2Br)c2ccc3ccccc3c2N1. The highest BCUT2D eigenvalue weighted by Crippen LogP contribution is 2.42. The zero-order valence-corrected chi connectivity index (χ0v) is 13.4. The summed E-state index contributed by atoms with van der Waals surface area (Å²) in [5.74, 6) is 0.161. The number of halogens is 1. The van der Waals surface area contributed by atoms with Gasteiger partial charge in [-0.15, -0.1) is 0 Å². The summed E-state index contributed by atoms with van der Waals surface area (Å²) in [6, 6.07) is 20.6. The van der Waals surface area contributed by atoms with Gasteiger partial charge in [0.15, 0.2) is 0 Å². The molecular weight excluding hydrogens is 338 g/mol. The van der Waals surface area contributed by atoms with Gasteiger partial charge < -0.3 is 5.32 Å². The van der Waals surface area contributed by atoms with Crippen molar-refractivity contribution in [3.8, 4) is 0 Å². The summed E-state index contributed by atoms with van der Waals surface area (Å²) in [6.45, 7) is 0. The molecule has 0 fully saturated rings. The molecule has 108 valence electrons. The van der Waals surface area contributed by atoms with E-state index >= 15 is 0 Å². The van der Waals surface area contributed by atoms with Gasteiger partial charge in [-0.05, 0) is 22.6 Å². The minimum absolute atomic E-state index is 0.0737. The number of fused-ring (bicyclic) bond motifs is 3. The predicted molar refractivity (Wildman–Crippen MR) is 93.2 cm³/mol. The quantitative estimate of drug-likeness (QED) is 0.650. The third-order valence-corrected chi connectivity index (χ3v) is 4.99. The Hall–Kier alpha value is -2.13. The second-order valence-electron chi connectivity index (χ2n) is 5.58. The number of hydrogen-bond acceptors (Lipinski definition) is 1. The Kier molecular flexibility index (Phi) is 3.23. The van der Waals surface area contributed by atoms with Gasteiger partial charge in [0, 0.05) is 22.2 Å². The molecule has 1 N–H and O–H groups in total. The Labute approximate surface area is 137 Å². The molecule has 3 heteroatoms. The first kappa shape index (κ1) is 13.5. The number of carbonyl (C=O) groups excluding carboxylic acids is 1. The summed E-state index contributed by atoms with van der Waals surface area (Å²) in [5, 5.41) is 5.32. The molecule has 1 aliphatic rings. The van der Waals surface area contributed by atoms with E-state index in [0.29, 0.717) is 6.42 Å². The summed E-state index contributed by atoms with van der Waals surface area (Å²) >= 11 is 3.62. The summed E-state index contributed by atoms with van der Waals surface area (Å²) in [5.41, 5.74) is 3.30. The minimum atomic E-state index is 0.0737. The molecule has 1 aliphatic heterocycles. The van der Waals surface area contributed by atoms with E-state index in [4.69, 9.17) is 0 Å². The summed E-state index contributed by atoms with van der Waals surface area (Å²) in [7, 11) is 0. The molecule has 0 aliphatic carbocycles. The fourth-order valence-electron chi connectivity index (χ4n) is 3.24. The van der Waals surface area contributed by atoms with Crippen LogP contribution in [-0.2, 0) is 4.79 Å². The van der Waals surface area contributed by atoms with Gasteiger partial charge in [0.2, 0.25) is 5.91 Å². The molecule has 1 amide bonds. The second-order valence-corrected chi connectivity index (χ2v) is 6.43. The highest BCUT2D eigenvalue weighted by atomic mass is 79.9. The van der Waals surface area contributed by atoms with Crippen molar-refractivity contribution in [1.29, 1.82) is 0 Å². The van der Waals surface area contributed by atoms with Crippen LogP contribution in [0.15, 0.2) is 65.1 Å². The van der Waals surface area contributed by atoms with Gasteiger partial charge >= 0.3 is 0 Å². The van der Waals surface area contributed by atoms with Crippen LogP contribution >= 0.6 is 15.9 Å². The number of hydrogen-bond donors (Lipinski definition) is 1. The van der Waals surface area contributed by atoms with Crippen molar-refractivity contribution in [2.45, 2.75) is 12.3 Å². The fraction of sp³-hybridized carbons (Fsp3) is 0.105. The highest BCUT2D eigenvalue weighted by molar-refractivity contribution is 9.10. The van der Waals surface area contributed by atoms with Crippen molar-refractivity contribution >= 4 is 38.3 Å². The van der Waals surface area contributed by atoms with E-state index in [9.17, 15) is 4.79 Å². The van der Waals surface area contributed by atoms with Crippen LogP contribution in [0.2, 0.25) is 0 Å². The second kappa shape index (κ2) is 5.25. The first-order valence-electron chi connectivity index (χ1n) is 7.30. The average Bonchev–Trinajstić information content (AvgIpc) is 2.54. The van der Waals surface area contributed by atoms with Crippen molar-refractivity contribution in [2.24, 2.45) is 0 Å². The van der Waals surface area contributed by atoms with Gasteiger partial charge in [-0.3, -0.25) is 4.79 Å². The first-order valence-corrected chi connectivity index (χ1v) is 8.09. The Morgan fingerprint density at radius 2 is 1.68 bits per heavy atom. The van der Waals surface area contributed by atoms with E-state index in [1.54, 1.807) is 0 Å². The number of carbonyl (C=O) groups is 1. The van der Waals surface area contributed by atoms with Gasteiger partial charge in [0.25, 0.3) is 0 Å². The van der Waals surface area contributed by atoms with Gasteiger partial charge in [-0.25, -0.2) is 0 Å². The van der Waals surface area contributed by atoms with Gasteiger partial charge in [0.05, 0.1) is 5.69 Å². The van der Waals surface area contributed by atoms with Crippen LogP contribution in [0.1, 0.15) is 23.5 Å². The van der Waals surface area contributed by atoms with Crippen LogP contribution in [0.5, 0.6) is 0 Å². The molecule has 0 radical (unpaired) electrons. The number of amides is 1. The van der Waals surface area contributed by atoms with E-state index in [1.807, 2.05) is 30.3 Å². The van der Waals surface area contributed by atoms with Crippen molar-refractivity contribution in [1.82, 2.24) is 0 Å². The summed E-state index contributed by atoms with van der Waals surface area (Å²) in [6.07, 6.45) is 0.480. The largest absolute Gasteiger partial charge is 0.325 e. The van der Waals surface area contributed by atoms with Gasteiger partial charge in [-0.2, -0.15) is 0 Å². The molecule has 4 rings (SSSR count). The summed E-state index contributed by atoms with van der Waals surface area (Å²) < 4.78 is 1.05. The maximum atomic E-state index is 12.2. The van der Waals surface area contributed by atoms with Crippen LogP contribution in [0.4, 0.5) is 5.69 Å². The highest BCUT2D eigenvalue weighted by Gasteiger charge is 2.28. The monoisotopic (exact) mass is 351 g/mol. The lowest BCUT2D eigenvalue weighted by atomic mass is 9.83. The fourth-order valence-corrected chi connectivity index (χ4v) is 3.80. The average molecular weight is 352 g/mol. The van der Waals surface area contributed by atoms with Gasteiger partial charge in [-0.1, -0.05) is 70.5 Å². The maximum Gasteiger partial charge on any atom is 0.225 e.